The van der Waals surface area contributed by atoms with Crippen molar-refractivity contribution in [2.75, 3.05) is 11.9 Å². The minimum Gasteiger partial charge on any atom is -0.323 e. The minimum atomic E-state index is -1.34. The molecule has 1 aliphatic rings. The Labute approximate surface area is 205 Å². The van der Waals surface area contributed by atoms with Gasteiger partial charge in [-0.05, 0) is 60.5 Å². The lowest BCUT2D eigenvalue weighted by molar-refractivity contribution is -0.134. The van der Waals surface area contributed by atoms with Crippen molar-refractivity contribution in [1.29, 1.82) is 0 Å². The molecule has 1 aliphatic heterocycles. The average molecular weight is 498 g/mol. The van der Waals surface area contributed by atoms with E-state index in [1.807, 2.05) is 24.3 Å². The number of hydrogen-bond acceptors (Lipinski definition) is 4. The SMILES string of the molecule is CC[C@@]1(c2ccc(F)cc2)NC(=O)N(CC(=O)Nc2ccccc2Sc2ccc(Cl)cc2)C1=O. The smallest absolute Gasteiger partial charge is 0.323 e. The number of benzene rings is 3. The van der Waals surface area contributed by atoms with Gasteiger partial charge in [0.2, 0.25) is 5.91 Å². The first-order valence-electron chi connectivity index (χ1n) is 10.5. The number of para-hydroxylation sites is 1. The van der Waals surface area contributed by atoms with Crippen molar-refractivity contribution in [2.45, 2.75) is 28.7 Å². The van der Waals surface area contributed by atoms with Gasteiger partial charge in [0, 0.05) is 14.8 Å². The molecule has 6 nitrogen and oxygen atoms in total. The lowest BCUT2D eigenvalue weighted by atomic mass is 9.87. The van der Waals surface area contributed by atoms with Crippen LogP contribution in [-0.4, -0.2) is 29.3 Å². The summed E-state index contributed by atoms with van der Waals surface area (Å²) in [6.07, 6.45) is 0.252. The second-order valence-corrected chi connectivity index (χ2v) is 9.24. The molecule has 1 heterocycles. The van der Waals surface area contributed by atoms with Crippen molar-refractivity contribution in [3.63, 3.8) is 0 Å². The molecule has 174 valence electrons. The van der Waals surface area contributed by atoms with Crippen molar-refractivity contribution in [3.8, 4) is 0 Å². The standard InChI is InChI=1S/C25H21ClFN3O3S/c1-2-25(16-7-11-18(27)12-8-16)23(32)30(24(33)29-25)15-22(31)28-20-5-3-4-6-21(20)34-19-13-9-17(26)10-14-19/h3-14H,2,15H2,1H3,(H,28,31)(H,29,33)/t25-/m0/s1. The Balaban J connectivity index is 1.49. The van der Waals surface area contributed by atoms with Crippen molar-refractivity contribution in [1.82, 2.24) is 10.2 Å². The second-order valence-electron chi connectivity index (χ2n) is 7.69. The predicted molar refractivity (Wildman–Crippen MR) is 129 cm³/mol. The molecule has 0 saturated carbocycles. The van der Waals surface area contributed by atoms with E-state index < -0.39 is 35.7 Å². The van der Waals surface area contributed by atoms with Gasteiger partial charge < -0.3 is 10.6 Å². The van der Waals surface area contributed by atoms with Gasteiger partial charge in [0.15, 0.2) is 0 Å². The van der Waals surface area contributed by atoms with Crippen molar-refractivity contribution < 1.29 is 18.8 Å². The zero-order chi connectivity index (χ0) is 24.3. The summed E-state index contributed by atoms with van der Waals surface area (Å²) in [4.78, 5) is 41.3. The first-order chi connectivity index (χ1) is 16.3. The summed E-state index contributed by atoms with van der Waals surface area (Å²) < 4.78 is 13.4. The normalized spacial score (nSPS) is 17.6. The van der Waals surface area contributed by atoms with E-state index in [0.717, 1.165) is 14.7 Å². The number of amides is 4. The molecule has 34 heavy (non-hydrogen) atoms. The summed E-state index contributed by atoms with van der Waals surface area (Å²) in [5.41, 5.74) is -0.324. The lowest BCUT2D eigenvalue weighted by Gasteiger charge is -2.25. The molecule has 9 heteroatoms. The molecule has 1 fully saturated rings. The van der Waals surface area contributed by atoms with E-state index in [-0.39, 0.29) is 6.42 Å². The average Bonchev–Trinajstić information content (AvgIpc) is 3.07. The van der Waals surface area contributed by atoms with Crippen LogP contribution < -0.4 is 10.6 Å². The Morgan fingerprint density at radius 2 is 1.74 bits per heavy atom. The number of carbonyl (C=O) groups excluding carboxylic acids is 3. The number of nitrogens with zero attached hydrogens (tertiary/aromatic N) is 1. The van der Waals surface area contributed by atoms with E-state index in [4.69, 9.17) is 11.6 Å². The first-order valence-corrected chi connectivity index (χ1v) is 11.7. The number of halogens is 2. The van der Waals surface area contributed by atoms with Crippen LogP contribution in [0.15, 0.2) is 82.6 Å². The Morgan fingerprint density at radius 1 is 1.06 bits per heavy atom. The Hall–Kier alpha value is -3.36. The molecule has 3 aromatic carbocycles. The van der Waals surface area contributed by atoms with Crippen LogP contribution in [0, 0.1) is 5.82 Å². The highest BCUT2D eigenvalue weighted by molar-refractivity contribution is 7.99. The number of rotatable bonds is 7. The fraction of sp³-hybridized carbons (Fsp3) is 0.160. The molecule has 1 atom stereocenters. The quantitative estimate of drug-likeness (QED) is 0.427. The van der Waals surface area contributed by atoms with Gasteiger partial charge in [-0.25, -0.2) is 9.18 Å². The van der Waals surface area contributed by atoms with E-state index in [0.29, 0.717) is 16.3 Å². The van der Waals surface area contributed by atoms with Crippen LogP contribution in [0.5, 0.6) is 0 Å². The number of urea groups is 1. The van der Waals surface area contributed by atoms with E-state index in [1.165, 1.54) is 36.0 Å². The Morgan fingerprint density at radius 3 is 2.41 bits per heavy atom. The van der Waals surface area contributed by atoms with Gasteiger partial charge in [0.05, 0.1) is 5.69 Å². The zero-order valence-corrected chi connectivity index (χ0v) is 19.8. The highest BCUT2D eigenvalue weighted by Crippen LogP contribution is 2.35. The van der Waals surface area contributed by atoms with Crippen LogP contribution in [0.4, 0.5) is 14.9 Å². The summed E-state index contributed by atoms with van der Waals surface area (Å²) in [6.45, 7) is 1.29. The molecule has 1 saturated heterocycles. The number of imide groups is 1. The lowest BCUT2D eigenvalue weighted by Crippen LogP contribution is -2.44. The fourth-order valence-corrected chi connectivity index (χ4v) is 4.79. The molecule has 3 aromatic rings. The summed E-state index contributed by atoms with van der Waals surface area (Å²) in [5, 5.41) is 6.11. The van der Waals surface area contributed by atoms with Crippen molar-refractivity contribution in [2.24, 2.45) is 0 Å². The zero-order valence-electron chi connectivity index (χ0n) is 18.2. The maximum atomic E-state index is 13.4. The number of anilines is 1. The van der Waals surface area contributed by atoms with Gasteiger partial charge in [0.1, 0.15) is 17.9 Å². The van der Waals surface area contributed by atoms with Gasteiger partial charge in [-0.1, -0.05) is 54.6 Å². The van der Waals surface area contributed by atoms with Gasteiger partial charge >= 0.3 is 6.03 Å². The molecule has 0 bridgehead atoms. The number of nitrogens with one attached hydrogen (secondary N) is 2. The summed E-state index contributed by atoms with van der Waals surface area (Å²) in [6, 6.07) is 19.3. The highest BCUT2D eigenvalue weighted by atomic mass is 35.5. The van der Waals surface area contributed by atoms with Gasteiger partial charge in [-0.15, -0.1) is 0 Å². The third-order valence-corrected chi connectivity index (χ3v) is 6.88. The number of carbonyl (C=O) groups is 3. The third-order valence-electron chi connectivity index (χ3n) is 5.55. The molecule has 4 amide bonds. The Kier molecular flexibility index (Phi) is 6.90. The van der Waals surface area contributed by atoms with Crippen LogP contribution in [0.2, 0.25) is 5.02 Å². The van der Waals surface area contributed by atoms with E-state index in [1.54, 1.807) is 31.2 Å². The van der Waals surface area contributed by atoms with Crippen LogP contribution in [0.3, 0.4) is 0 Å². The third kappa shape index (κ3) is 4.78. The van der Waals surface area contributed by atoms with Crippen LogP contribution in [0.1, 0.15) is 18.9 Å². The van der Waals surface area contributed by atoms with Crippen LogP contribution in [0.25, 0.3) is 0 Å². The fourth-order valence-electron chi connectivity index (χ4n) is 3.77. The van der Waals surface area contributed by atoms with E-state index >= 15 is 0 Å². The molecule has 0 aromatic heterocycles. The molecule has 0 unspecified atom stereocenters. The second kappa shape index (κ2) is 9.87. The molecule has 0 aliphatic carbocycles. The summed E-state index contributed by atoms with van der Waals surface area (Å²) >= 11 is 7.39. The molecule has 4 rings (SSSR count). The first kappa shape index (κ1) is 23.8. The molecular weight excluding hydrogens is 477 g/mol. The predicted octanol–water partition coefficient (Wildman–Crippen LogP) is 5.43. The van der Waals surface area contributed by atoms with Gasteiger partial charge in [0.25, 0.3) is 5.91 Å². The van der Waals surface area contributed by atoms with Crippen LogP contribution >= 0.6 is 23.4 Å². The minimum absolute atomic E-state index is 0.252. The van der Waals surface area contributed by atoms with Gasteiger partial charge in [-0.2, -0.15) is 0 Å². The Bertz CT molecular complexity index is 1240. The molecular formula is C25H21ClFN3O3S. The van der Waals surface area contributed by atoms with Crippen molar-refractivity contribution in [3.05, 3.63) is 89.2 Å². The topological polar surface area (TPSA) is 78.5 Å². The molecule has 0 spiro atoms. The molecule has 0 radical (unpaired) electrons. The maximum absolute atomic E-state index is 13.4. The summed E-state index contributed by atoms with van der Waals surface area (Å²) in [5.74, 6) is -1.51. The molecule has 2 N–H and O–H groups in total. The highest BCUT2D eigenvalue weighted by Gasteiger charge is 2.51. The number of hydrogen-bond donors (Lipinski definition) is 2. The van der Waals surface area contributed by atoms with E-state index in [9.17, 15) is 18.8 Å². The van der Waals surface area contributed by atoms with Gasteiger partial charge in [-0.3, -0.25) is 14.5 Å². The monoisotopic (exact) mass is 497 g/mol. The van der Waals surface area contributed by atoms with E-state index in [2.05, 4.69) is 10.6 Å². The van der Waals surface area contributed by atoms with Crippen LogP contribution in [-0.2, 0) is 15.1 Å². The largest absolute Gasteiger partial charge is 0.325 e. The summed E-state index contributed by atoms with van der Waals surface area (Å²) in [7, 11) is 0. The van der Waals surface area contributed by atoms with Crippen molar-refractivity contribution >= 4 is 46.9 Å². The maximum Gasteiger partial charge on any atom is 0.325 e.